The van der Waals surface area contributed by atoms with E-state index in [0.29, 0.717) is 25.7 Å². The summed E-state index contributed by atoms with van der Waals surface area (Å²) in [6.45, 7) is 2.54. The molecular weight excluding hydrogens is 402 g/mol. The minimum atomic E-state index is -0.804. The van der Waals surface area contributed by atoms with Crippen molar-refractivity contribution in [1.29, 1.82) is 0 Å². The number of unbranched alkanes of at least 4 members (excludes halogenated alkanes) is 17. The average molecular weight is 456 g/mol. The fraction of sp³-hybridized carbons (Fsp3) is 0.926. The summed E-state index contributed by atoms with van der Waals surface area (Å²) in [5.74, 6) is -0.794. The molecule has 0 aromatic heterocycles. The summed E-state index contributed by atoms with van der Waals surface area (Å²) in [4.78, 5) is 22.3. The second-order valence-electron chi connectivity index (χ2n) is 9.50. The van der Waals surface area contributed by atoms with E-state index < -0.39 is 12.1 Å². The van der Waals surface area contributed by atoms with Crippen molar-refractivity contribution in [3.8, 4) is 0 Å². The van der Waals surface area contributed by atoms with E-state index in [9.17, 15) is 14.7 Å². The topological polar surface area (TPSA) is 86.6 Å². The molecule has 0 bridgehead atoms. The molecule has 1 unspecified atom stereocenters. The molecule has 5 heteroatoms. The van der Waals surface area contributed by atoms with E-state index in [1.54, 1.807) is 0 Å². The van der Waals surface area contributed by atoms with E-state index in [0.717, 1.165) is 12.8 Å². The Bertz CT molecular complexity index is 428. The van der Waals surface area contributed by atoms with Crippen molar-refractivity contribution in [3.63, 3.8) is 0 Å². The van der Waals surface area contributed by atoms with E-state index in [2.05, 4.69) is 12.2 Å². The fourth-order valence-electron chi connectivity index (χ4n) is 4.09. The quantitative estimate of drug-likeness (QED) is 0.128. The van der Waals surface area contributed by atoms with Crippen LogP contribution >= 0.6 is 0 Å². The minimum absolute atomic E-state index is 0.00976. The standard InChI is InChI=1S/C27H53NO4/c1-2-3-4-5-6-7-8-9-10-11-12-13-14-15-16-17-18-22-26(30)28-24-25(29)21-19-20-23-27(31)32/h25,29H,2-24H2,1H3,(H,28,30)(H,31,32). The normalized spacial score (nSPS) is 12.1. The van der Waals surface area contributed by atoms with E-state index in [-0.39, 0.29) is 18.9 Å². The van der Waals surface area contributed by atoms with Crippen molar-refractivity contribution in [2.45, 2.75) is 154 Å². The maximum Gasteiger partial charge on any atom is 0.303 e. The van der Waals surface area contributed by atoms with Gasteiger partial charge in [0, 0.05) is 19.4 Å². The maximum atomic E-state index is 11.8. The average Bonchev–Trinajstić information content (AvgIpc) is 2.77. The minimum Gasteiger partial charge on any atom is -0.481 e. The van der Waals surface area contributed by atoms with Gasteiger partial charge in [0.1, 0.15) is 0 Å². The van der Waals surface area contributed by atoms with E-state index in [4.69, 9.17) is 5.11 Å². The maximum absolute atomic E-state index is 11.8. The van der Waals surface area contributed by atoms with Gasteiger partial charge < -0.3 is 15.5 Å². The first-order valence-electron chi connectivity index (χ1n) is 13.7. The van der Waals surface area contributed by atoms with Crippen molar-refractivity contribution in [2.24, 2.45) is 0 Å². The van der Waals surface area contributed by atoms with Crippen LogP contribution in [0.1, 0.15) is 148 Å². The first-order valence-corrected chi connectivity index (χ1v) is 13.7. The molecule has 190 valence electrons. The van der Waals surface area contributed by atoms with Gasteiger partial charge in [-0.3, -0.25) is 9.59 Å². The molecule has 0 aliphatic rings. The third-order valence-electron chi connectivity index (χ3n) is 6.22. The van der Waals surface area contributed by atoms with Crippen LogP contribution in [0.15, 0.2) is 0 Å². The number of hydrogen-bond donors (Lipinski definition) is 3. The molecule has 0 rings (SSSR count). The van der Waals surface area contributed by atoms with E-state index in [1.165, 1.54) is 96.3 Å². The Labute approximate surface area is 198 Å². The van der Waals surface area contributed by atoms with Gasteiger partial charge in [0.2, 0.25) is 5.91 Å². The molecule has 0 saturated carbocycles. The number of carboxylic acid groups (broad SMARTS) is 1. The third-order valence-corrected chi connectivity index (χ3v) is 6.22. The summed E-state index contributed by atoms with van der Waals surface area (Å²) in [6.07, 6.45) is 24.5. The zero-order valence-electron chi connectivity index (χ0n) is 21.1. The molecule has 0 fully saturated rings. The highest BCUT2D eigenvalue weighted by Crippen LogP contribution is 2.14. The number of rotatable bonds is 25. The summed E-state index contributed by atoms with van der Waals surface area (Å²) in [6, 6.07) is 0. The van der Waals surface area contributed by atoms with Crippen LogP contribution in [0.25, 0.3) is 0 Å². The molecule has 0 aromatic carbocycles. The molecule has 0 aliphatic carbocycles. The van der Waals surface area contributed by atoms with Gasteiger partial charge in [-0.05, 0) is 19.3 Å². The van der Waals surface area contributed by atoms with Crippen LogP contribution in [0, 0.1) is 0 Å². The molecule has 32 heavy (non-hydrogen) atoms. The number of aliphatic hydroxyl groups excluding tert-OH is 1. The molecular formula is C27H53NO4. The largest absolute Gasteiger partial charge is 0.481 e. The molecule has 1 amide bonds. The van der Waals surface area contributed by atoms with Crippen LogP contribution < -0.4 is 5.32 Å². The van der Waals surface area contributed by atoms with Gasteiger partial charge in [-0.2, -0.15) is 0 Å². The number of hydrogen-bond acceptors (Lipinski definition) is 3. The Kier molecular flexibility index (Phi) is 23.7. The van der Waals surface area contributed by atoms with Gasteiger partial charge in [-0.25, -0.2) is 0 Å². The zero-order valence-corrected chi connectivity index (χ0v) is 21.1. The highest BCUT2D eigenvalue weighted by molar-refractivity contribution is 5.75. The first-order chi connectivity index (χ1) is 15.6. The van der Waals surface area contributed by atoms with Crippen LogP contribution in [0.4, 0.5) is 0 Å². The Hall–Kier alpha value is -1.10. The van der Waals surface area contributed by atoms with Crippen LogP contribution in [-0.4, -0.2) is 34.7 Å². The predicted molar refractivity (Wildman–Crippen MR) is 134 cm³/mol. The van der Waals surface area contributed by atoms with Gasteiger partial charge in [0.25, 0.3) is 0 Å². The molecule has 3 N–H and O–H groups in total. The lowest BCUT2D eigenvalue weighted by Crippen LogP contribution is -2.31. The molecule has 0 aromatic rings. The number of amides is 1. The van der Waals surface area contributed by atoms with Crippen LogP contribution in [0.2, 0.25) is 0 Å². The van der Waals surface area contributed by atoms with Crippen molar-refractivity contribution in [3.05, 3.63) is 0 Å². The molecule has 1 atom stereocenters. The van der Waals surface area contributed by atoms with Crippen molar-refractivity contribution < 1.29 is 19.8 Å². The molecule has 0 radical (unpaired) electrons. The summed E-state index contributed by atoms with van der Waals surface area (Å²) in [5, 5.41) is 21.2. The lowest BCUT2D eigenvalue weighted by atomic mass is 10.0. The van der Waals surface area contributed by atoms with E-state index in [1.807, 2.05) is 0 Å². The van der Waals surface area contributed by atoms with Gasteiger partial charge in [0.15, 0.2) is 0 Å². The number of aliphatic hydroxyl groups is 1. The summed E-state index contributed by atoms with van der Waals surface area (Å²) in [7, 11) is 0. The summed E-state index contributed by atoms with van der Waals surface area (Å²) >= 11 is 0. The molecule has 5 nitrogen and oxygen atoms in total. The summed E-state index contributed by atoms with van der Waals surface area (Å²) in [5.41, 5.74) is 0. The Morgan fingerprint density at radius 1 is 0.625 bits per heavy atom. The van der Waals surface area contributed by atoms with Gasteiger partial charge in [-0.1, -0.05) is 116 Å². The van der Waals surface area contributed by atoms with E-state index >= 15 is 0 Å². The highest BCUT2D eigenvalue weighted by atomic mass is 16.4. The van der Waals surface area contributed by atoms with Crippen LogP contribution in [0.5, 0.6) is 0 Å². The van der Waals surface area contributed by atoms with Gasteiger partial charge in [0.05, 0.1) is 6.10 Å². The monoisotopic (exact) mass is 455 g/mol. The number of carbonyl (C=O) groups excluding carboxylic acids is 1. The number of nitrogens with one attached hydrogen (secondary N) is 1. The fourth-order valence-corrected chi connectivity index (χ4v) is 4.09. The Morgan fingerprint density at radius 3 is 1.47 bits per heavy atom. The second kappa shape index (κ2) is 24.5. The number of aliphatic carboxylic acids is 1. The molecule has 0 spiro atoms. The lowest BCUT2D eigenvalue weighted by Gasteiger charge is -2.11. The van der Waals surface area contributed by atoms with Crippen molar-refractivity contribution in [1.82, 2.24) is 5.32 Å². The van der Waals surface area contributed by atoms with Crippen molar-refractivity contribution in [2.75, 3.05) is 6.54 Å². The van der Waals surface area contributed by atoms with Gasteiger partial charge in [-0.15, -0.1) is 0 Å². The molecule has 0 saturated heterocycles. The first kappa shape index (κ1) is 30.9. The molecule has 0 heterocycles. The lowest BCUT2D eigenvalue weighted by molar-refractivity contribution is -0.137. The number of carboxylic acids is 1. The molecule has 0 aliphatic heterocycles. The van der Waals surface area contributed by atoms with Crippen LogP contribution in [0.3, 0.4) is 0 Å². The van der Waals surface area contributed by atoms with Crippen molar-refractivity contribution >= 4 is 11.9 Å². The van der Waals surface area contributed by atoms with Gasteiger partial charge >= 0.3 is 5.97 Å². The van der Waals surface area contributed by atoms with Crippen LogP contribution in [-0.2, 0) is 9.59 Å². The summed E-state index contributed by atoms with van der Waals surface area (Å²) < 4.78 is 0. The smallest absolute Gasteiger partial charge is 0.303 e. The number of carbonyl (C=O) groups is 2. The SMILES string of the molecule is CCCCCCCCCCCCCCCCCCCC(=O)NCC(O)CCCCC(=O)O. The zero-order chi connectivity index (χ0) is 23.7. The Balaban J connectivity index is 3.24. The predicted octanol–water partition coefficient (Wildman–Crippen LogP) is 7.15. The Morgan fingerprint density at radius 2 is 1.03 bits per heavy atom. The second-order valence-corrected chi connectivity index (χ2v) is 9.50. The highest BCUT2D eigenvalue weighted by Gasteiger charge is 2.07. The third kappa shape index (κ3) is 25.2.